The highest BCUT2D eigenvalue weighted by molar-refractivity contribution is 5.97. The third-order valence-corrected chi connectivity index (χ3v) is 6.04. The van der Waals surface area contributed by atoms with Gasteiger partial charge in [-0.25, -0.2) is 9.59 Å². The Morgan fingerprint density at radius 3 is 2.41 bits per heavy atom. The molecule has 0 aliphatic carbocycles. The second kappa shape index (κ2) is 8.82. The SMILES string of the molecule is Cc1c(CC(=O)NC(Cc2ccccc2)C(=O)O)c(=O)oc2cc3occ(C(C)(C)C)c3cc12. The first-order chi connectivity index (χ1) is 16.0. The second-order valence-corrected chi connectivity index (χ2v) is 9.56. The molecule has 0 saturated heterocycles. The lowest BCUT2D eigenvalue weighted by Gasteiger charge is -2.17. The summed E-state index contributed by atoms with van der Waals surface area (Å²) in [6.07, 6.45) is 1.57. The van der Waals surface area contributed by atoms with E-state index < -0.39 is 23.5 Å². The van der Waals surface area contributed by atoms with Gasteiger partial charge in [0, 0.05) is 28.8 Å². The second-order valence-electron chi connectivity index (χ2n) is 9.56. The van der Waals surface area contributed by atoms with Gasteiger partial charge in [-0.1, -0.05) is 51.1 Å². The first-order valence-electron chi connectivity index (χ1n) is 11.1. The van der Waals surface area contributed by atoms with Crippen molar-refractivity contribution in [2.75, 3.05) is 0 Å². The average molecular weight is 462 g/mol. The fraction of sp³-hybridized carbons (Fsp3) is 0.296. The molecule has 1 unspecified atom stereocenters. The molecule has 34 heavy (non-hydrogen) atoms. The number of hydrogen-bond acceptors (Lipinski definition) is 5. The van der Waals surface area contributed by atoms with Crippen LogP contribution in [0.4, 0.5) is 0 Å². The van der Waals surface area contributed by atoms with Crippen molar-refractivity contribution in [1.29, 1.82) is 0 Å². The normalized spacial score (nSPS) is 12.7. The first-order valence-corrected chi connectivity index (χ1v) is 11.1. The standard InChI is InChI=1S/C27H27NO6/c1-15-17-11-19-20(27(2,3)4)14-33-22(19)13-23(17)34-26(32)18(15)12-24(29)28-21(25(30)31)10-16-8-6-5-7-9-16/h5-9,11,13-14,21H,10,12H2,1-4H3,(H,28,29)(H,30,31). The van der Waals surface area contributed by atoms with E-state index in [1.807, 2.05) is 24.3 Å². The molecule has 176 valence electrons. The number of nitrogens with one attached hydrogen (secondary N) is 1. The van der Waals surface area contributed by atoms with Crippen molar-refractivity contribution in [3.8, 4) is 0 Å². The van der Waals surface area contributed by atoms with E-state index in [-0.39, 0.29) is 23.8 Å². The molecular formula is C27H27NO6. The summed E-state index contributed by atoms with van der Waals surface area (Å²) in [5.74, 6) is -1.70. The van der Waals surface area contributed by atoms with Crippen molar-refractivity contribution in [2.24, 2.45) is 0 Å². The Morgan fingerprint density at radius 2 is 1.76 bits per heavy atom. The van der Waals surface area contributed by atoms with Crippen molar-refractivity contribution in [1.82, 2.24) is 5.32 Å². The number of carboxylic acids is 1. The number of rotatable bonds is 6. The predicted molar refractivity (Wildman–Crippen MR) is 129 cm³/mol. The highest BCUT2D eigenvalue weighted by Gasteiger charge is 2.24. The number of benzene rings is 2. The van der Waals surface area contributed by atoms with Crippen molar-refractivity contribution in [2.45, 2.75) is 52.0 Å². The molecule has 2 aromatic heterocycles. The average Bonchev–Trinajstić information content (AvgIpc) is 3.19. The van der Waals surface area contributed by atoms with Gasteiger partial charge in [0.15, 0.2) is 0 Å². The molecule has 7 heteroatoms. The van der Waals surface area contributed by atoms with E-state index in [0.29, 0.717) is 22.1 Å². The summed E-state index contributed by atoms with van der Waals surface area (Å²) in [7, 11) is 0. The Labute approximate surface area is 196 Å². The number of aliphatic carboxylic acids is 1. The summed E-state index contributed by atoms with van der Waals surface area (Å²) in [6.45, 7) is 8.03. The number of amides is 1. The summed E-state index contributed by atoms with van der Waals surface area (Å²) in [4.78, 5) is 37.2. The third kappa shape index (κ3) is 4.59. The first kappa shape index (κ1) is 23.3. The van der Waals surface area contributed by atoms with E-state index in [4.69, 9.17) is 8.83 Å². The maximum absolute atomic E-state index is 12.7. The molecule has 7 nitrogen and oxygen atoms in total. The molecule has 0 bridgehead atoms. The van der Waals surface area contributed by atoms with E-state index in [9.17, 15) is 19.5 Å². The van der Waals surface area contributed by atoms with Gasteiger partial charge in [-0.15, -0.1) is 0 Å². The lowest BCUT2D eigenvalue weighted by atomic mass is 9.86. The maximum atomic E-state index is 12.7. The summed E-state index contributed by atoms with van der Waals surface area (Å²) in [6, 6.07) is 11.6. The zero-order valence-corrected chi connectivity index (χ0v) is 19.6. The van der Waals surface area contributed by atoms with Crippen molar-refractivity contribution in [3.05, 3.63) is 81.4 Å². The van der Waals surface area contributed by atoms with Gasteiger partial charge in [-0.05, 0) is 29.5 Å². The zero-order chi connectivity index (χ0) is 24.6. The van der Waals surface area contributed by atoms with Crippen LogP contribution in [0.5, 0.6) is 0 Å². The fourth-order valence-corrected chi connectivity index (χ4v) is 4.15. The van der Waals surface area contributed by atoms with E-state index in [0.717, 1.165) is 16.5 Å². The zero-order valence-electron chi connectivity index (χ0n) is 19.6. The van der Waals surface area contributed by atoms with Gasteiger partial charge in [0.1, 0.15) is 17.2 Å². The topological polar surface area (TPSA) is 110 Å². The molecule has 0 aliphatic heterocycles. The van der Waals surface area contributed by atoms with Crippen molar-refractivity contribution < 1.29 is 23.5 Å². The lowest BCUT2D eigenvalue weighted by molar-refractivity contribution is -0.141. The molecule has 2 heterocycles. The van der Waals surface area contributed by atoms with Gasteiger partial charge < -0.3 is 19.3 Å². The molecule has 2 N–H and O–H groups in total. The van der Waals surface area contributed by atoms with Crippen LogP contribution in [0.3, 0.4) is 0 Å². The molecule has 1 atom stereocenters. The highest BCUT2D eigenvalue weighted by Crippen LogP contribution is 2.35. The quantitative estimate of drug-likeness (QED) is 0.409. The van der Waals surface area contributed by atoms with Gasteiger partial charge in [0.05, 0.1) is 18.2 Å². The molecule has 0 saturated carbocycles. The van der Waals surface area contributed by atoms with Crippen molar-refractivity contribution in [3.63, 3.8) is 0 Å². The Kier molecular flexibility index (Phi) is 6.04. The molecule has 0 fully saturated rings. The fourth-order valence-electron chi connectivity index (χ4n) is 4.15. The number of fused-ring (bicyclic) bond motifs is 2. The number of carbonyl (C=O) groups excluding carboxylic acids is 1. The Bertz CT molecular complexity index is 1440. The molecule has 2 aromatic carbocycles. The smallest absolute Gasteiger partial charge is 0.340 e. The van der Waals surface area contributed by atoms with E-state index in [1.165, 1.54) is 0 Å². The van der Waals surface area contributed by atoms with Crippen LogP contribution in [-0.4, -0.2) is 23.0 Å². The van der Waals surface area contributed by atoms with E-state index in [2.05, 4.69) is 26.1 Å². The largest absolute Gasteiger partial charge is 0.480 e. The van der Waals surface area contributed by atoms with Gasteiger partial charge in [0.2, 0.25) is 5.91 Å². The van der Waals surface area contributed by atoms with Crippen LogP contribution in [0.2, 0.25) is 0 Å². The van der Waals surface area contributed by atoms with Crippen LogP contribution < -0.4 is 10.9 Å². The molecule has 0 radical (unpaired) electrons. The molecule has 0 spiro atoms. The van der Waals surface area contributed by atoms with Crippen LogP contribution in [0.1, 0.15) is 43.0 Å². The Morgan fingerprint density at radius 1 is 1.06 bits per heavy atom. The van der Waals surface area contributed by atoms with Crippen LogP contribution >= 0.6 is 0 Å². The monoisotopic (exact) mass is 461 g/mol. The molecular weight excluding hydrogens is 434 g/mol. The molecule has 1 amide bonds. The number of furan rings is 1. The Balaban J connectivity index is 1.65. The molecule has 0 aliphatic rings. The minimum atomic E-state index is -1.14. The van der Waals surface area contributed by atoms with Crippen LogP contribution in [-0.2, 0) is 27.8 Å². The number of carboxylic acid groups (broad SMARTS) is 1. The lowest BCUT2D eigenvalue weighted by Crippen LogP contribution is -2.43. The summed E-state index contributed by atoms with van der Waals surface area (Å²) in [5, 5.41) is 13.7. The van der Waals surface area contributed by atoms with Gasteiger partial charge in [-0.3, -0.25) is 4.79 Å². The number of hydrogen-bond donors (Lipinski definition) is 2. The summed E-state index contributed by atoms with van der Waals surface area (Å²) < 4.78 is 11.2. The van der Waals surface area contributed by atoms with Gasteiger partial charge in [-0.2, -0.15) is 0 Å². The van der Waals surface area contributed by atoms with E-state index >= 15 is 0 Å². The van der Waals surface area contributed by atoms with E-state index in [1.54, 1.807) is 31.4 Å². The van der Waals surface area contributed by atoms with Crippen LogP contribution in [0.25, 0.3) is 21.9 Å². The molecule has 4 aromatic rings. The van der Waals surface area contributed by atoms with Crippen LogP contribution in [0.15, 0.2) is 62.4 Å². The minimum Gasteiger partial charge on any atom is -0.480 e. The predicted octanol–water partition coefficient (Wildman–Crippen LogP) is 4.50. The van der Waals surface area contributed by atoms with Gasteiger partial charge in [0.25, 0.3) is 0 Å². The number of aryl methyl sites for hydroxylation is 1. The van der Waals surface area contributed by atoms with Gasteiger partial charge >= 0.3 is 11.6 Å². The molecule has 4 rings (SSSR count). The third-order valence-electron chi connectivity index (χ3n) is 6.04. The maximum Gasteiger partial charge on any atom is 0.340 e. The highest BCUT2D eigenvalue weighted by atomic mass is 16.4. The number of carbonyl (C=O) groups is 2. The summed E-state index contributed by atoms with van der Waals surface area (Å²) in [5.41, 5.74) is 2.87. The Hall–Kier alpha value is -3.87. The van der Waals surface area contributed by atoms with Crippen LogP contribution in [0, 0.1) is 6.92 Å². The minimum absolute atomic E-state index is 0.140. The summed E-state index contributed by atoms with van der Waals surface area (Å²) >= 11 is 0. The van der Waals surface area contributed by atoms with Crippen molar-refractivity contribution >= 4 is 33.8 Å².